The van der Waals surface area contributed by atoms with Crippen LogP contribution in [0.2, 0.25) is 0 Å². The molecule has 16 nitrogen and oxygen atoms in total. The van der Waals surface area contributed by atoms with Crippen LogP contribution in [0.25, 0.3) is 0 Å². The lowest BCUT2D eigenvalue weighted by Gasteiger charge is -2.10. The lowest BCUT2D eigenvalue weighted by atomic mass is 10.0. The van der Waals surface area contributed by atoms with Crippen molar-refractivity contribution >= 4 is 11.4 Å². The Morgan fingerprint density at radius 1 is 0.783 bits per heavy atom. The van der Waals surface area contributed by atoms with Gasteiger partial charge in [-0.2, -0.15) is 0 Å². The average Bonchev–Trinajstić information content (AvgIpc) is 2.38. The van der Waals surface area contributed by atoms with Gasteiger partial charge in [-0.15, -0.1) is 0 Å². The van der Waals surface area contributed by atoms with Crippen LogP contribution < -0.4 is 0 Å². The lowest BCUT2D eigenvalue weighted by molar-refractivity contribution is -0.986. The largest absolute Gasteiger partial charge is 0.739 e. The number of phenols is 1. The summed E-state index contributed by atoms with van der Waals surface area (Å²) in [6, 6.07) is 0.591. The second-order valence-electron chi connectivity index (χ2n) is 3.75. The molecule has 0 unspecified atom stereocenters. The third-order valence-electron chi connectivity index (χ3n) is 2.61. The number of rotatable bonds is 6. The van der Waals surface area contributed by atoms with E-state index >= 15 is 0 Å². The zero-order valence-electron chi connectivity index (χ0n) is 10.4. The van der Waals surface area contributed by atoms with Gasteiger partial charge in [0.15, 0.2) is 14.8 Å². The normalized spacial score (nSPS) is 10.8. The van der Waals surface area contributed by atoms with Gasteiger partial charge in [-0.1, -0.05) is 0 Å². The van der Waals surface area contributed by atoms with Crippen molar-refractivity contribution in [3.8, 4) is 5.75 Å². The van der Waals surface area contributed by atoms with Crippen LogP contribution in [0.4, 0.5) is 11.4 Å². The fraction of sp³-hybridized carbons (Fsp3) is 0.143. The Morgan fingerprint density at radius 3 is 1.52 bits per heavy atom. The monoisotopic (exact) mass is 333 g/mol. The highest BCUT2D eigenvalue weighted by atomic mass is 16.7. The number of benzene rings is 1. The number of nitrogens with zero attached hydrogens (tertiary/aromatic N) is 5. The summed E-state index contributed by atoms with van der Waals surface area (Å²) in [5.74, 6) is -6.19. The molecule has 16 heteroatoms. The van der Waals surface area contributed by atoms with Gasteiger partial charge in [-0.3, -0.25) is 50.6 Å². The lowest BCUT2D eigenvalue weighted by Crippen LogP contribution is -2.50. The van der Waals surface area contributed by atoms with Crippen LogP contribution in [0, 0.1) is 50.6 Å². The summed E-state index contributed by atoms with van der Waals surface area (Å²) in [7, 11) is 0. The van der Waals surface area contributed by atoms with Crippen LogP contribution in [-0.2, 0) is 5.79 Å². The fourth-order valence-corrected chi connectivity index (χ4v) is 1.71. The van der Waals surface area contributed by atoms with Crippen LogP contribution in [-0.4, -0.2) is 29.7 Å². The molecule has 0 radical (unpaired) electrons. The molecule has 0 saturated heterocycles. The molecule has 1 rings (SSSR count). The maximum absolute atomic E-state index is 10.9. The van der Waals surface area contributed by atoms with E-state index in [1.807, 2.05) is 0 Å². The minimum Gasteiger partial charge on any atom is -0.506 e. The van der Waals surface area contributed by atoms with E-state index < -0.39 is 53.1 Å². The third-order valence-corrected chi connectivity index (χ3v) is 2.61. The van der Waals surface area contributed by atoms with E-state index in [0.29, 0.717) is 6.07 Å². The summed E-state index contributed by atoms with van der Waals surface area (Å²) < 4.78 is 0. The Bertz CT molecular complexity index is 721. The number of aromatic hydroxyl groups is 1. The van der Waals surface area contributed by atoms with Crippen LogP contribution in [0.15, 0.2) is 12.1 Å². The highest BCUT2D eigenvalue weighted by Crippen LogP contribution is 2.44. The summed E-state index contributed by atoms with van der Waals surface area (Å²) in [5, 5.41) is 64.0. The molecule has 1 N–H and O–H groups in total. The molecule has 0 aliphatic heterocycles. The van der Waals surface area contributed by atoms with Gasteiger partial charge in [0.25, 0.3) is 0 Å². The Morgan fingerprint density at radius 2 is 1.22 bits per heavy atom. The second kappa shape index (κ2) is 5.42. The first-order chi connectivity index (χ1) is 10.5. The van der Waals surface area contributed by atoms with E-state index in [2.05, 4.69) is 0 Å². The van der Waals surface area contributed by atoms with Crippen molar-refractivity contribution in [1.82, 2.24) is 0 Å². The molecule has 1 aromatic rings. The molecule has 0 bridgehead atoms. The molecule has 1 aromatic carbocycles. The zero-order chi connectivity index (χ0) is 18.1. The molecule has 0 aliphatic rings. The van der Waals surface area contributed by atoms with Crippen molar-refractivity contribution < 1.29 is 29.7 Å². The maximum Gasteiger partial charge on any atom is 0.739 e. The first-order valence-electron chi connectivity index (χ1n) is 5.08. The Kier molecular flexibility index (Phi) is 4.03. The minimum atomic E-state index is -4.60. The predicted molar refractivity (Wildman–Crippen MR) is 64.1 cm³/mol. The van der Waals surface area contributed by atoms with E-state index in [1.54, 1.807) is 0 Å². The van der Waals surface area contributed by atoms with Gasteiger partial charge in [0.05, 0.1) is 9.85 Å². The SMILES string of the molecule is O=[N+]([O-])c1ccc(O)c(C([N+](=O)[O-])([N+](=O)[O-])[N+](=O)[O-])c1[N+](=O)[O-]. The first kappa shape index (κ1) is 17.1. The van der Waals surface area contributed by atoms with Gasteiger partial charge in [-0.25, -0.2) is 0 Å². The molecule has 0 spiro atoms. The molecule has 122 valence electrons. The number of hydrogen-bond acceptors (Lipinski definition) is 11. The van der Waals surface area contributed by atoms with Gasteiger partial charge in [0.1, 0.15) is 5.75 Å². The highest BCUT2D eigenvalue weighted by Gasteiger charge is 2.78. The maximum atomic E-state index is 10.9. The standard InChI is InChI=1S/C7H3N5O11/c13-4-2-1-3(8(14)15)6(9(16)17)5(4)7(10(18)19,11(20)21)12(22)23/h1-2,13H. The van der Waals surface area contributed by atoms with Crippen molar-refractivity contribution in [2.24, 2.45) is 0 Å². The van der Waals surface area contributed by atoms with E-state index in [0.717, 1.165) is 0 Å². The highest BCUT2D eigenvalue weighted by molar-refractivity contribution is 5.63. The minimum absolute atomic E-state index is 0.270. The van der Waals surface area contributed by atoms with Crippen molar-refractivity contribution in [2.75, 3.05) is 0 Å². The third kappa shape index (κ3) is 2.28. The van der Waals surface area contributed by atoms with Gasteiger partial charge >= 0.3 is 22.7 Å². The molecule has 0 heterocycles. The predicted octanol–water partition coefficient (Wildman–Crippen LogP) is 0.149. The number of nitro benzene ring substituents is 2. The molecule has 0 aromatic heterocycles. The van der Waals surface area contributed by atoms with Crippen LogP contribution in [0.1, 0.15) is 5.56 Å². The Hall–Kier alpha value is -3.98. The van der Waals surface area contributed by atoms with Gasteiger partial charge in [0, 0.05) is 6.07 Å². The summed E-state index contributed by atoms with van der Waals surface area (Å²) >= 11 is 0. The van der Waals surface area contributed by atoms with Crippen LogP contribution >= 0.6 is 0 Å². The first-order valence-corrected chi connectivity index (χ1v) is 5.08. The summed E-state index contributed by atoms with van der Waals surface area (Å²) in [4.78, 5) is 45.0. The summed E-state index contributed by atoms with van der Waals surface area (Å²) in [6.45, 7) is 0. The van der Waals surface area contributed by atoms with Crippen molar-refractivity contribution in [3.63, 3.8) is 0 Å². The van der Waals surface area contributed by atoms with Crippen molar-refractivity contribution in [2.45, 2.75) is 5.79 Å². The summed E-state index contributed by atoms with van der Waals surface area (Å²) in [6.07, 6.45) is 0. The van der Waals surface area contributed by atoms with Crippen molar-refractivity contribution in [3.05, 3.63) is 68.3 Å². The van der Waals surface area contributed by atoms with Gasteiger partial charge in [0.2, 0.25) is 0 Å². The number of hydrogen-bond donors (Lipinski definition) is 1. The van der Waals surface area contributed by atoms with E-state index in [4.69, 9.17) is 0 Å². The van der Waals surface area contributed by atoms with Crippen LogP contribution in [0.3, 0.4) is 0 Å². The van der Waals surface area contributed by atoms with Crippen LogP contribution in [0.5, 0.6) is 5.75 Å². The smallest absolute Gasteiger partial charge is 0.506 e. The number of phenolic OH excluding ortho intramolecular Hbond substituents is 1. The molecular weight excluding hydrogens is 330 g/mol. The quantitative estimate of drug-likeness (QED) is 0.417. The zero-order valence-corrected chi connectivity index (χ0v) is 10.4. The topological polar surface area (TPSA) is 236 Å². The Balaban J connectivity index is 4.17. The van der Waals surface area contributed by atoms with Gasteiger partial charge in [-0.05, 0) is 6.07 Å². The summed E-state index contributed by atoms with van der Waals surface area (Å²) in [5.41, 5.74) is -5.46. The molecular formula is C7H3N5O11. The second-order valence-corrected chi connectivity index (χ2v) is 3.75. The fourth-order valence-electron chi connectivity index (χ4n) is 1.71. The Labute approximate surface area is 122 Å². The molecule has 23 heavy (non-hydrogen) atoms. The van der Waals surface area contributed by atoms with Crippen molar-refractivity contribution in [1.29, 1.82) is 0 Å². The molecule has 0 fully saturated rings. The van der Waals surface area contributed by atoms with Gasteiger partial charge < -0.3 is 5.11 Å². The van der Waals surface area contributed by atoms with E-state index in [-0.39, 0.29) is 6.07 Å². The molecule has 0 amide bonds. The molecule has 0 atom stereocenters. The van der Waals surface area contributed by atoms with E-state index in [9.17, 15) is 55.7 Å². The van der Waals surface area contributed by atoms with E-state index in [1.165, 1.54) is 0 Å². The molecule has 0 saturated carbocycles. The molecule has 0 aliphatic carbocycles. The average molecular weight is 333 g/mol. The number of nitro groups is 5.